The van der Waals surface area contributed by atoms with Crippen molar-refractivity contribution < 1.29 is 4.84 Å². The van der Waals surface area contributed by atoms with E-state index in [2.05, 4.69) is 25.9 Å². The van der Waals surface area contributed by atoms with Gasteiger partial charge in [0.1, 0.15) is 13.2 Å². The van der Waals surface area contributed by atoms with E-state index in [1.807, 2.05) is 31.2 Å². The van der Waals surface area contributed by atoms with Gasteiger partial charge in [-0.3, -0.25) is 0 Å². The van der Waals surface area contributed by atoms with Crippen LogP contribution in [0.5, 0.6) is 0 Å². The molecule has 0 amide bonds. The summed E-state index contributed by atoms with van der Waals surface area (Å²) in [7, 11) is 1.42. The zero-order valence-electron chi connectivity index (χ0n) is 7.91. The molecule has 0 radical (unpaired) electrons. The molecular formula is C10H9BrN2O. The van der Waals surface area contributed by atoms with E-state index >= 15 is 0 Å². The third kappa shape index (κ3) is 2.12. The van der Waals surface area contributed by atoms with Crippen LogP contribution in [0.1, 0.15) is 11.1 Å². The number of hydrogen-bond acceptors (Lipinski definition) is 3. The van der Waals surface area contributed by atoms with Gasteiger partial charge in [0.25, 0.3) is 0 Å². The van der Waals surface area contributed by atoms with Crippen LogP contribution in [0.2, 0.25) is 0 Å². The Labute approximate surface area is 91.1 Å². The minimum Gasteiger partial charge on any atom is -0.398 e. The summed E-state index contributed by atoms with van der Waals surface area (Å²) < 4.78 is 0.873. The molecule has 0 fully saturated rings. The van der Waals surface area contributed by atoms with Gasteiger partial charge in [0, 0.05) is 10.0 Å². The molecule has 1 aromatic carbocycles. The van der Waals surface area contributed by atoms with E-state index in [0.717, 1.165) is 15.6 Å². The van der Waals surface area contributed by atoms with Crippen molar-refractivity contribution in [1.82, 2.24) is 0 Å². The smallest absolute Gasteiger partial charge is 0.188 e. The second kappa shape index (κ2) is 4.77. The first kappa shape index (κ1) is 10.7. The number of hydrogen-bond donors (Lipinski definition) is 0. The monoisotopic (exact) mass is 252 g/mol. The second-order valence-electron chi connectivity index (χ2n) is 2.67. The van der Waals surface area contributed by atoms with Crippen molar-refractivity contribution in [2.24, 2.45) is 5.16 Å². The molecule has 1 aromatic rings. The van der Waals surface area contributed by atoms with Gasteiger partial charge in [-0.05, 0) is 28.4 Å². The fourth-order valence-corrected chi connectivity index (χ4v) is 1.50. The Morgan fingerprint density at radius 2 is 2.29 bits per heavy atom. The molecule has 0 aliphatic carbocycles. The molecule has 0 aromatic heterocycles. The lowest BCUT2D eigenvalue weighted by molar-refractivity contribution is 0.214. The fraction of sp³-hybridized carbons (Fsp3) is 0.200. The number of aryl methyl sites for hydroxylation is 1. The van der Waals surface area contributed by atoms with Gasteiger partial charge in [-0.1, -0.05) is 23.4 Å². The van der Waals surface area contributed by atoms with E-state index < -0.39 is 0 Å². The van der Waals surface area contributed by atoms with E-state index in [4.69, 9.17) is 5.26 Å². The van der Waals surface area contributed by atoms with Gasteiger partial charge in [-0.25, -0.2) is 0 Å². The maximum Gasteiger partial charge on any atom is 0.188 e. The largest absolute Gasteiger partial charge is 0.398 e. The summed E-state index contributed by atoms with van der Waals surface area (Å²) >= 11 is 3.40. The van der Waals surface area contributed by atoms with E-state index in [9.17, 15) is 0 Å². The summed E-state index contributed by atoms with van der Waals surface area (Å²) in [5, 5.41) is 12.5. The topological polar surface area (TPSA) is 45.4 Å². The van der Waals surface area contributed by atoms with Crippen LogP contribution in [0, 0.1) is 18.3 Å². The number of halogens is 1. The molecule has 0 aliphatic heterocycles. The molecule has 14 heavy (non-hydrogen) atoms. The summed E-state index contributed by atoms with van der Waals surface area (Å²) in [6, 6.07) is 7.63. The zero-order valence-corrected chi connectivity index (χ0v) is 9.50. The van der Waals surface area contributed by atoms with Crippen molar-refractivity contribution in [1.29, 1.82) is 5.26 Å². The van der Waals surface area contributed by atoms with E-state index in [1.165, 1.54) is 7.11 Å². The lowest BCUT2D eigenvalue weighted by atomic mass is 10.1. The van der Waals surface area contributed by atoms with Gasteiger partial charge < -0.3 is 4.84 Å². The SMILES string of the molecule is CO/N=C(\C#N)c1cccc(C)c1Br. The van der Waals surface area contributed by atoms with Crippen molar-refractivity contribution >= 4 is 21.6 Å². The molecule has 0 bridgehead atoms. The lowest BCUT2D eigenvalue weighted by Crippen LogP contribution is -2.00. The minimum atomic E-state index is 0.267. The molecular weight excluding hydrogens is 244 g/mol. The number of nitriles is 1. The van der Waals surface area contributed by atoms with Crippen LogP contribution in [0.3, 0.4) is 0 Å². The average molecular weight is 253 g/mol. The summed E-state index contributed by atoms with van der Waals surface area (Å²) in [5.41, 5.74) is 2.07. The van der Waals surface area contributed by atoms with Crippen molar-refractivity contribution in [3.63, 3.8) is 0 Å². The van der Waals surface area contributed by atoms with Crippen molar-refractivity contribution in [2.75, 3.05) is 7.11 Å². The number of nitrogens with zero attached hydrogens (tertiary/aromatic N) is 2. The maximum atomic E-state index is 8.84. The Hall–Kier alpha value is -1.34. The first-order valence-corrected chi connectivity index (χ1v) is 4.76. The second-order valence-corrected chi connectivity index (χ2v) is 3.46. The Morgan fingerprint density at radius 3 is 2.86 bits per heavy atom. The molecule has 3 nitrogen and oxygen atoms in total. The van der Waals surface area contributed by atoms with Crippen LogP contribution < -0.4 is 0 Å². The highest BCUT2D eigenvalue weighted by Crippen LogP contribution is 2.21. The summed E-state index contributed by atoms with van der Waals surface area (Å²) in [5.74, 6) is 0. The number of benzene rings is 1. The Balaban J connectivity index is 3.26. The van der Waals surface area contributed by atoms with Gasteiger partial charge >= 0.3 is 0 Å². The van der Waals surface area contributed by atoms with Crippen LogP contribution in [0.25, 0.3) is 0 Å². The lowest BCUT2D eigenvalue weighted by Gasteiger charge is -2.03. The quantitative estimate of drug-likeness (QED) is 0.600. The van der Waals surface area contributed by atoms with Gasteiger partial charge in [0.2, 0.25) is 0 Å². The van der Waals surface area contributed by atoms with E-state index in [0.29, 0.717) is 0 Å². The first-order chi connectivity index (χ1) is 6.70. The molecule has 0 N–H and O–H groups in total. The number of rotatable bonds is 2. The van der Waals surface area contributed by atoms with Gasteiger partial charge in [-0.2, -0.15) is 5.26 Å². The van der Waals surface area contributed by atoms with Gasteiger partial charge in [-0.15, -0.1) is 0 Å². The molecule has 0 atom stereocenters. The highest BCUT2D eigenvalue weighted by Gasteiger charge is 2.09. The molecule has 0 saturated carbocycles. The Morgan fingerprint density at radius 1 is 1.57 bits per heavy atom. The minimum absolute atomic E-state index is 0.267. The maximum absolute atomic E-state index is 8.84. The number of oxime groups is 1. The van der Waals surface area contributed by atoms with Crippen LogP contribution >= 0.6 is 15.9 Å². The third-order valence-corrected chi connectivity index (χ3v) is 2.79. The van der Waals surface area contributed by atoms with Gasteiger partial charge in [0.15, 0.2) is 5.71 Å². The molecule has 0 unspecified atom stereocenters. The molecule has 0 spiro atoms. The van der Waals surface area contributed by atoms with Crippen molar-refractivity contribution in [2.45, 2.75) is 6.92 Å². The van der Waals surface area contributed by atoms with Crippen LogP contribution in [0.4, 0.5) is 0 Å². The van der Waals surface area contributed by atoms with Crippen molar-refractivity contribution in [3.8, 4) is 6.07 Å². The highest BCUT2D eigenvalue weighted by atomic mass is 79.9. The van der Waals surface area contributed by atoms with Gasteiger partial charge in [0.05, 0.1) is 0 Å². The van der Waals surface area contributed by atoms with Crippen LogP contribution in [-0.4, -0.2) is 12.8 Å². The summed E-state index contributed by atoms with van der Waals surface area (Å²) in [6.45, 7) is 1.95. The molecule has 72 valence electrons. The molecule has 1 rings (SSSR count). The summed E-state index contributed by atoms with van der Waals surface area (Å²) in [6.07, 6.45) is 0. The van der Waals surface area contributed by atoms with E-state index in [-0.39, 0.29) is 5.71 Å². The van der Waals surface area contributed by atoms with Crippen LogP contribution in [-0.2, 0) is 4.84 Å². The predicted octanol–water partition coefficient (Wildman–Crippen LogP) is 2.63. The zero-order chi connectivity index (χ0) is 10.6. The molecule has 0 aliphatic rings. The average Bonchev–Trinajstić information content (AvgIpc) is 2.19. The molecule has 0 heterocycles. The third-order valence-electron chi connectivity index (χ3n) is 1.74. The van der Waals surface area contributed by atoms with E-state index in [1.54, 1.807) is 0 Å². The predicted molar refractivity (Wildman–Crippen MR) is 58.0 cm³/mol. The normalized spacial score (nSPS) is 10.9. The standard InChI is InChI=1S/C10H9BrN2O/c1-7-4-3-5-8(10(7)11)9(6-12)13-14-2/h3-5H,1-2H3/b13-9+. The van der Waals surface area contributed by atoms with Crippen molar-refractivity contribution in [3.05, 3.63) is 33.8 Å². The van der Waals surface area contributed by atoms with Crippen LogP contribution in [0.15, 0.2) is 27.8 Å². The molecule has 0 saturated heterocycles. The highest BCUT2D eigenvalue weighted by molar-refractivity contribution is 9.10. The Bertz CT molecular complexity index is 407. The summed E-state index contributed by atoms with van der Waals surface area (Å²) in [4.78, 5) is 4.59. The fourth-order valence-electron chi connectivity index (χ4n) is 1.05. The Kier molecular flexibility index (Phi) is 3.66. The molecule has 4 heteroatoms. The first-order valence-electron chi connectivity index (χ1n) is 3.97.